The Morgan fingerprint density at radius 1 is 0.824 bits per heavy atom. The van der Waals surface area contributed by atoms with Crippen LogP contribution in [-0.4, -0.2) is 16.4 Å². The topological polar surface area (TPSA) is 49.3 Å². The van der Waals surface area contributed by atoms with Crippen molar-refractivity contribution in [3.63, 3.8) is 0 Å². The monoisotopic (exact) mass is 307 g/mol. The van der Waals surface area contributed by atoms with Crippen LogP contribution in [-0.2, 0) is 4.79 Å². The summed E-state index contributed by atoms with van der Waals surface area (Å²) in [4.78, 5) is 10.7. The van der Waals surface area contributed by atoms with Gasteiger partial charge < -0.3 is 0 Å². The molecule has 0 saturated carbocycles. The first kappa shape index (κ1) is 16.9. The van der Waals surface area contributed by atoms with Crippen molar-refractivity contribution >= 4 is 21.8 Å². The van der Waals surface area contributed by atoms with Crippen LogP contribution in [0.2, 0.25) is 0 Å². The lowest BCUT2D eigenvalue weighted by molar-refractivity contribution is -0.129. The van der Waals surface area contributed by atoms with Gasteiger partial charge in [0, 0.05) is 11.8 Å². The highest BCUT2D eigenvalue weighted by atomic mass is 79.9. The van der Waals surface area contributed by atoms with Crippen molar-refractivity contribution in [1.82, 2.24) is 5.48 Å². The summed E-state index contributed by atoms with van der Waals surface area (Å²) in [6.45, 7) is 0. The fourth-order valence-electron chi connectivity index (χ4n) is 1.85. The highest BCUT2D eigenvalue weighted by Gasteiger charge is 1.98. The maximum absolute atomic E-state index is 10.7. The molecule has 0 aliphatic rings. The van der Waals surface area contributed by atoms with Gasteiger partial charge in [-0.05, 0) is 12.8 Å². The second-order valence-corrected chi connectivity index (χ2v) is 5.30. The Bertz CT molecular complexity index is 177. The summed E-state index contributed by atoms with van der Waals surface area (Å²) in [7, 11) is 0. The lowest BCUT2D eigenvalue weighted by Crippen LogP contribution is -2.17. The van der Waals surface area contributed by atoms with Crippen LogP contribution >= 0.6 is 15.9 Å². The van der Waals surface area contributed by atoms with Crippen molar-refractivity contribution in [1.29, 1.82) is 0 Å². The zero-order chi connectivity index (χ0) is 12.8. The smallest absolute Gasteiger partial charge is 0.243 e. The van der Waals surface area contributed by atoms with E-state index in [-0.39, 0.29) is 5.91 Å². The van der Waals surface area contributed by atoms with E-state index in [4.69, 9.17) is 5.21 Å². The average molecular weight is 308 g/mol. The van der Waals surface area contributed by atoms with Gasteiger partial charge in [0.15, 0.2) is 0 Å². The molecule has 0 atom stereocenters. The molecular weight excluding hydrogens is 282 g/mol. The van der Waals surface area contributed by atoms with Crippen LogP contribution in [0.5, 0.6) is 0 Å². The van der Waals surface area contributed by atoms with Crippen LogP contribution in [0.15, 0.2) is 0 Å². The van der Waals surface area contributed by atoms with Gasteiger partial charge in [-0.2, -0.15) is 0 Å². The Balaban J connectivity index is 2.96. The van der Waals surface area contributed by atoms with Crippen LogP contribution < -0.4 is 5.48 Å². The third-order valence-corrected chi connectivity index (χ3v) is 3.47. The van der Waals surface area contributed by atoms with Gasteiger partial charge in [0.05, 0.1) is 0 Å². The molecule has 102 valence electrons. The van der Waals surface area contributed by atoms with E-state index in [2.05, 4.69) is 15.9 Å². The number of halogens is 1. The number of unbranched alkanes of at least 4 members (excludes halogenated alkanes) is 9. The zero-order valence-electron chi connectivity index (χ0n) is 10.7. The molecule has 4 heteroatoms. The highest BCUT2D eigenvalue weighted by Crippen LogP contribution is 2.11. The quantitative estimate of drug-likeness (QED) is 0.246. The predicted molar refractivity (Wildman–Crippen MR) is 74.5 cm³/mol. The summed E-state index contributed by atoms with van der Waals surface area (Å²) in [5.74, 6) is -0.267. The summed E-state index contributed by atoms with van der Waals surface area (Å²) in [6, 6.07) is 0. The van der Waals surface area contributed by atoms with E-state index in [0.29, 0.717) is 6.42 Å². The molecule has 0 heterocycles. The number of rotatable bonds is 12. The zero-order valence-corrected chi connectivity index (χ0v) is 12.3. The fourth-order valence-corrected chi connectivity index (χ4v) is 2.25. The van der Waals surface area contributed by atoms with Gasteiger partial charge in [-0.25, -0.2) is 5.48 Å². The molecule has 0 aromatic heterocycles. The maximum Gasteiger partial charge on any atom is 0.243 e. The van der Waals surface area contributed by atoms with Gasteiger partial charge in [0.1, 0.15) is 0 Å². The van der Waals surface area contributed by atoms with E-state index in [1.807, 2.05) is 0 Å². The minimum atomic E-state index is -0.267. The number of carbonyl (C=O) groups is 1. The Kier molecular flexibility index (Phi) is 13.9. The minimum absolute atomic E-state index is 0.267. The minimum Gasteiger partial charge on any atom is -0.289 e. The molecule has 0 radical (unpaired) electrons. The normalized spacial score (nSPS) is 10.5. The molecular formula is C13H26BrNO2. The van der Waals surface area contributed by atoms with E-state index in [0.717, 1.165) is 18.2 Å². The van der Waals surface area contributed by atoms with E-state index in [1.165, 1.54) is 51.4 Å². The summed E-state index contributed by atoms with van der Waals surface area (Å²) >= 11 is 3.44. The third kappa shape index (κ3) is 13.8. The molecule has 17 heavy (non-hydrogen) atoms. The van der Waals surface area contributed by atoms with Crippen LogP contribution in [0.3, 0.4) is 0 Å². The Hall–Kier alpha value is -0.0900. The predicted octanol–water partition coefficient (Wildman–Crippen LogP) is 4.18. The summed E-state index contributed by atoms with van der Waals surface area (Å²) in [6.07, 6.45) is 13.0. The number of hydrogen-bond donors (Lipinski definition) is 2. The molecule has 0 unspecified atom stereocenters. The van der Waals surface area contributed by atoms with Gasteiger partial charge in [0.25, 0.3) is 0 Å². The van der Waals surface area contributed by atoms with E-state index in [9.17, 15) is 4.79 Å². The van der Waals surface area contributed by atoms with Gasteiger partial charge >= 0.3 is 0 Å². The molecule has 0 saturated heterocycles. The number of carbonyl (C=O) groups excluding carboxylic acids is 1. The molecule has 0 rings (SSSR count). The largest absolute Gasteiger partial charge is 0.289 e. The van der Waals surface area contributed by atoms with E-state index in [1.54, 1.807) is 5.48 Å². The number of hydrogen-bond acceptors (Lipinski definition) is 2. The standard InChI is InChI=1S/C13H26BrNO2/c14-12-10-8-6-4-2-1-3-5-7-9-11-13(16)15-17/h17H,1-12H2,(H,15,16). The average Bonchev–Trinajstić information content (AvgIpc) is 2.35. The van der Waals surface area contributed by atoms with Crippen molar-refractivity contribution in [3.05, 3.63) is 0 Å². The van der Waals surface area contributed by atoms with E-state index >= 15 is 0 Å². The number of amides is 1. The molecule has 0 aromatic rings. The van der Waals surface area contributed by atoms with Gasteiger partial charge in [-0.1, -0.05) is 67.3 Å². The Morgan fingerprint density at radius 2 is 1.24 bits per heavy atom. The second-order valence-electron chi connectivity index (χ2n) is 4.51. The fraction of sp³-hybridized carbons (Fsp3) is 0.923. The van der Waals surface area contributed by atoms with Crippen molar-refractivity contribution in [3.8, 4) is 0 Å². The molecule has 3 nitrogen and oxygen atoms in total. The molecule has 0 spiro atoms. The molecule has 0 fully saturated rings. The van der Waals surface area contributed by atoms with Crippen LogP contribution in [0.4, 0.5) is 0 Å². The summed E-state index contributed by atoms with van der Waals surface area (Å²) < 4.78 is 0. The first-order valence-electron chi connectivity index (χ1n) is 6.80. The van der Waals surface area contributed by atoms with Crippen molar-refractivity contribution in [2.45, 2.75) is 70.6 Å². The van der Waals surface area contributed by atoms with Gasteiger partial charge in [-0.15, -0.1) is 0 Å². The van der Waals surface area contributed by atoms with Gasteiger partial charge in [0.2, 0.25) is 5.91 Å². The molecule has 2 N–H and O–H groups in total. The van der Waals surface area contributed by atoms with E-state index < -0.39 is 0 Å². The summed E-state index contributed by atoms with van der Waals surface area (Å²) in [5, 5.41) is 9.43. The molecule has 1 amide bonds. The SMILES string of the molecule is O=C(CCCCCCCCCCCCBr)NO. The van der Waals surface area contributed by atoms with Gasteiger partial charge in [-0.3, -0.25) is 10.0 Å². The lowest BCUT2D eigenvalue weighted by Gasteiger charge is -2.02. The molecule has 0 aliphatic heterocycles. The number of nitrogens with one attached hydrogen (secondary N) is 1. The van der Waals surface area contributed by atoms with Crippen LogP contribution in [0.1, 0.15) is 70.6 Å². The number of alkyl halides is 1. The Labute approximate surface area is 113 Å². The maximum atomic E-state index is 10.7. The lowest BCUT2D eigenvalue weighted by atomic mass is 10.1. The van der Waals surface area contributed by atoms with Crippen LogP contribution in [0, 0.1) is 0 Å². The third-order valence-electron chi connectivity index (χ3n) is 2.91. The van der Waals surface area contributed by atoms with Crippen molar-refractivity contribution < 1.29 is 10.0 Å². The Morgan fingerprint density at radius 3 is 1.65 bits per heavy atom. The second kappa shape index (κ2) is 14.0. The summed E-state index contributed by atoms with van der Waals surface area (Å²) in [5.41, 5.74) is 1.66. The first-order chi connectivity index (χ1) is 8.31. The van der Waals surface area contributed by atoms with Crippen molar-refractivity contribution in [2.24, 2.45) is 0 Å². The first-order valence-corrected chi connectivity index (χ1v) is 7.92. The van der Waals surface area contributed by atoms with Crippen LogP contribution in [0.25, 0.3) is 0 Å². The molecule has 0 aliphatic carbocycles. The van der Waals surface area contributed by atoms with Crippen molar-refractivity contribution in [2.75, 3.05) is 5.33 Å². The number of hydroxylamine groups is 1. The molecule has 0 bridgehead atoms. The molecule has 0 aromatic carbocycles. The highest BCUT2D eigenvalue weighted by molar-refractivity contribution is 9.09.